The maximum absolute atomic E-state index is 12.4. The number of nitrogens with two attached hydrogens (primary N) is 1. The van der Waals surface area contributed by atoms with E-state index in [9.17, 15) is 9.59 Å². The normalized spacial score (nSPS) is 14.7. The van der Waals surface area contributed by atoms with Crippen LogP contribution in [0.5, 0.6) is 11.5 Å². The van der Waals surface area contributed by atoms with E-state index >= 15 is 0 Å². The standard InChI is InChI=1S/C18H22N4O5S/c1-25-13-7-12(8-14(9-13)26-2)17-20-21-18(27-17)28-10-15(23)22-5-3-11(4-6-22)16(19)24/h7-9,11H,3-6,10H2,1-2H3,(H2,19,24). The summed E-state index contributed by atoms with van der Waals surface area (Å²) in [5, 5.41) is 8.32. The SMILES string of the molecule is COc1cc(OC)cc(-c2nnc(SCC(=O)N3CCC(C(N)=O)CC3)o2)c1. The van der Waals surface area contributed by atoms with Crippen molar-refractivity contribution < 1.29 is 23.5 Å². The number of primary amides is 1. The second-order valence-electron chi connectivity index (χ2n) is 6.32. The second-order valence-corrected chi connectivity index (χ2v) is 7.25. The number of likely N-dealkylation sites (tertiary alicyclic amines) is 1. The molecule has 1 saturated heterocycles. The summed E-state index contributed by atoms with van der Waals surface area (Å²) in [6.07, 6.45) is 1.21. The Balaban J connectivity index is 1.58. The molecule has 1 aliphatic heterocycles. The number of hydrogen-bond acceptors (Lipinski definition) is 8. The Morgan fingerprint density at radius 3 is 2.39 bits per heavy atom. The van der Waals surface area contributed by atoms with Crippen LogP contribution >= 0.6 is 11.8 Å². The lowest BCUT2D eigenvalue weighted by molar-refractivity contribution is -0.132. The Bertz CT molecular complexity index is 826. The minimum absolute atomic E-state index is 0.0317. The summed E-state index contributed by atoms with van der Waals surface area (Å²) in [6.45, 7) is 1.07. The van der Waals surface area contributed by atoms with E-state index < -0.39 is 0 Å². The van der Waals surface area contributed by atoms with Gasteiger partial charge in [0.15, 0.2) is 0 Å². The lowest BCUT2D eigenvalue weighted by Gasteiger charge is -2.30. The van der Waals surface area contributed by atoms with Gasteiger partial charge in [0.25, 0.3) is 5.22 Å². The van der Waals surface area contributed by atoms with Crippen molar-refractivity contribution in [2.24, 2.45) is 11.7 Å². The molecule has 2 amide bonds. The number of nitrogens with zero attached hydrogens (tertiary/aromatic N) is 3. The molecule has 28 heavy (non-hydrogen) atoms. The molecule has 2 heterocycles. The molecule has 0 atom stereocenters. The van der Waals surface area contributed by atoms with Gasteiger partial charge in [-0.25, -0.2) is 0 Å². The molecule has 0 unspecified atom stereocenters. The zero-order valence-electron chi connectivity index (χ0n) is 15.7. The first-order chi connectivity index (χ1) is 13.5. The Morgan fingerprint density at radius 2 is 1.82 bits per heavy atom. The van der Waals surface area contributed by atoms with Crippen molar-refractivity contribution in [1.29, 1.82) is 0 Å². The van der Waals surface area contributed by atoms with Crippen LogP contribution in [0.15, 0.2) is 27.8 Å². The van der Waals surface area contributed by atoms with E-state index in [0.29, 0.717) is 54.1 Å². The smallest absolute Gasteiger partial charge is 0.277 e. The Morgan fingerprint density at radius 1 is 1.18 bits per heavy atom. The number of hydrogen-bond donors (Lipinski definition) is 1. The number of carbonyl (C=O) groups excluding carboxylic acids is 2. The molecule has 1 aliphatic rings. The van der Waals surface area contributed by atoms with E-state index in [-0.39, 0.29) is 23.5 Å². The van der Waals surface area contributed by atoms with E-state index in [0.717, 1.165) is 0 Å². The molecule has 0 radical (unpaired) electrons. The number of benzene rings is 1. The van der Waals surface area contributed by atoms with Crippen molar-refractivity contribution in [3.63, 3.8) is 0 Å². The van der Waals surface area contributed by atoms with Gasteiger partial charge in [-0.05, 0) is 25.0 Å². The minimum atomic E-state index is -0.297. The highest BCUT2D eigenvalue weighted by atomic mass is 32.2. The van der Waals surface area contributed by atoms with E-state index in [1.54, 1.807) is 37.3 Å². The minimum Gasteiger partial charge on any atom is -0.497 e. The maximum Gasteiger partial charge on any atom is 0.277 e. The highest BCUT2D eigenvalue weighted by molar-refractivity contribution is 7.99. The molecule has 0 bridgehead atoms. The molecule has 1 fully saturated rings. The van der Waals surface area contributed by atoms with Crippen LogP contribution in [0, 0.1) is 5.92 Å². The van der Waals surface area contributed by atoms with Crippen molar-refractivity contribution in [2.75, 3.05) is 33.1 Å². The summed E-state index contributed by atoms with van der Waals surface area (Å²) in [5.74, 6) is 1.24. The highest BCUT2D eigenvalue weighted by Gasteiger charge is 2.26. The van der Waals surface area contributed by atoms with Crippen LogP contribution in [0.3, 0.4) is 0 Å². The third-order valence-electron chi connectivity index (χ3n) is 4.57. The second kappa shape index (κ2) is 8.96. The summed E-state index contributed by atoms with van der Waals surface area (Å²) in [5.41, 5.74) is 5.98. The fourth-order valence-electron chi connectivity index (χ4n) is 2.94. The van der Waals surface area contributed by atoms with Crippen LogP contribution < -0.4 is 15.2 Å². The molecule has 150 valence electrons. The molecule has 2 aromatic rings. The van der Waals surface area contributed by atoms with E-state index in [4.69, 9.17) is 19.6 Å². The number of carbonyl (C=O) groups is 2. The summed E-state index contributed by atoms with van der Waals surface area (Å²) in [7, 11) is 3.12. The molecule has 2 N–H and O–H groups in total. The van der Waals surface area contributed by atoms with Gasteiger partial charge in [0.2, 0.25) is 17.7 Å². The molecule has 1 aromatic heterocycles. The molecule has 0 saturated carbocycles. The third-order valence-corrected chi connectivity index (χ3v) is 5.38. The van der Waals surface area contributed by atoms with Crippen LogP contribution in [0.1, 0.15) is 12.8 Å². The Labute approximate surface area is 166 Å². The summed E-state index contributed by atoms with van der Waals surface area (Å²) < 4.78 is 16.1. The number of methoxy groups -OCH3 is 2. The fraction of sp³-hybridized carbons (Fsp3) is 0.444. The van der Waals surface area contributed by atoms with Gasteiger partial charge in [-0.3, -0.25) is 9.59 Å². The van der Waals surface area contributed by atoms with Gasteiger partial charge < -0.3 is 24.5 Å². The number of ether oxygens (including phenoxy) is 2. The van der Waals surface area contributed by atoms with Crippen LogP contribution in [0.25, 0.3) is 11.5 Å². The lowest BCUT2D eigenvalue weighted by atomic mass is 9.96. The molecule has 1 aromatic carbocycles. The average molecular weight is 406 g/mol. The first-order valence-corrected chi connectivity index (χ1v) is 9.75. The molecular weight excluding hydrogens is 384 g/mol. The summed E-state index contributed by atoms with van der Waals surface area (Å²) in [4.78, 5) is 25.3. The first-order valence-electron chi connectivity index (χ1n) is 8.77. The highest BCUT2D eigenvalue weighted by Crippen LogP contribution is 2.30. The molecule has 3 rings (SSSR count). The van der Waals surface area contributed by atoms with Gasteiger partial charge >= 0.3 is 0 Å². The molecule has 9 nitrogen and oxygen atoms in total. The van der Waals surface area contributed by atoms with Crippen molar-refractivity contribution in [3.8, 4) is 23.0 Å². The Hall–Kier alpha value is -2.75. The molecule has 0 aliphatic carbocycles. The van der Waals surface area contributed by atoms with Gasteiger partial charge in [-0.2, -0.15) is 0 Å². The number of rotatable bonds is 7. The van der Waals surface area contributed by atoms with Gasteiger partial charge in [-0.1, -0.05) is 11.8 Å². The quantitative estimate of drug-likeness (QED) is 0.688. The topological polar surface area (TPSA) is 121 Å². The van der Waals surface area contributed by atoms with Gasteiger partial charge in [0.1, 0.15) is 11.5 Å². The van der Waals surface area contributed by atoms with Crippen molar-refractivity contribution in [2.45, 2.75) is 18.1 Å². The summed E-state index contributed by atoms with van der Waals surface area (Å²) >= 11 is 1.18. The van der Waals surface area contributed by atoms with E-state index in [1.807, 2.05) is 0 Å². The Kier molecular flexibility index (Phi) is 6.40. The largest absolute Gasteiger partial charge is 0.497 e. The predicted octanol–water partition coefficient (Wildman–Crippen LogP) is 1.57. The molecule has 0 spiro atoms. The van der Waals surface area contributed by atoms with Crippen LogP contribution in [-0.4, -0.2) is 60.0 Å². The van der Waals surface area contributed by atoms with Crippen LogP contribution in [-0.2, 0) is 9.59 Å². The van der Waals surface area contributed by atoms with Crippen LogP contribution in [0.2, 0.25) is 0 Å². The van der Waals surface area contributed by atoms with Crippen molar-refractivity contribution in [1.82, 2.24) is 15.1 Å². The number of amides is 2. The van der Waals surface area contributed by atoms with Gasteiger partial charge in [0.05, 0.1) is 20.0 Å². The van der Waals surface area contributed by atoms with Crippen molar-refractivity contribution >= 4 is 23.6 Å². The third kappa shape index (κ3) is 4.75. The predicted molar refractivity (Wildman–Crippen MR) is 102 cm³/mol. The van der Waals surface area contributed by atoms with Crippen molar-refractivity contribution in [3.05, 3.63) is 18.2 Å². The molecular formula is C18H22N4O5S. The fourth-order valence-corrected chi connectivity index (χ4v) is 3.61. The van der Waals surface area contributed by atoms with Gasteiger partial charge in [0, 0.05) is 30.6 Å². The lowest BCUT2D eigenvalue weighted by Crippen LogP contribution is -2.42. The zero-order chi connectivity index (χ0) is 20.1. The number of piperidine rings is 1. The summed E-state index contributed by atoms with van der Waals surface area (Å²) in [6, 6.07) is 5.27. The van der Waals surface area contributed by atoms with E-state index in [1.165, 1.54) is 11.8 Å². The molecule has 10 heteroatoms. The maximum atomic E-state index is 12.4. The monoisotopic (exact) mass is 406 g/mol. The number of aromatic nitrogens is 2. The van der Waals surface area contributed by atoms with Crippen LogP contribution in [0.4, 0.5) is 0 Å². The van der Waals surface area contributed by atoms with E-state index in [2.05, 4.69) is 10.2 Å². The average Bonchev–Trinajstić information content (AvgIpc) is 3.20. The first kappa shape index (κ1) is 20.0. The number of thioether (sulfide) groups is 1. The zero-order valence-corrected chi connectivity index (χ0v) is 16.5. The van der Waals surface area contributed by atoms with Gasteiger partial charge in [-0.15, -0.1) is 10.2 Å².